The molecule has 1 amide bonds. The summed E-state index contributed by atoms with van der Waals surface area (Å²) in [6.07, 6.45) is 1.04. The molecule has 0 fully saturated rings. The third kappa shape index (κ3) is 4.83. The maximum absolute atomic E-state index is 11.7. The summed E-state index contributed by atoms with van der Waals surface area (Å²) in [5.74, 6) is 1.18. The van der Waals surface area contributed by atoms with E-state index in [1.165, 1.54) is 11.3 Å². The molecule has 1 aromatic carbocycles. The van der Waals surface area contributed by atoms with Gasteiger partial charge in [-0.25, -0.2) is 4.98 Å². The van der Waals surface area contributed by atoms with Gasteiger partial charge in [0, 0.05) is 19.4 Å². The van der Waals surface area contributed by atoms with E-state index < -0.39 is 0 Å². The van der Waals surface area contributed by atoms with Gasteiger partial charge in [-0.15, -0.1) is 11.6 Å². The summed E-state index contributed by atoms with van der Waals surface area (Å²) in [5, 5.41) is 3.39. The summed E-state index contributed by atoms with van der Waals surface area (Å²) in [6.45, 7) is 2.48. The van der Waals surface area contributed by atoms with Crippen molar-refractivity contribution in [2.24, 2.45) is 0 Å². The second-order valence-electron chi connectivity index (χ2n) is 4.87. The Bertz CT molecular complexity index is 632. The number of anilines is 1. The highest BCUT2D eigenvalue weighted by molar-refractivity contribution is 7.22. The summed E-state index contributed by atoms with van der Waals surface area (Å²) < 4.78 is 11.8. The molecule has 2 rings (SSSR count). The fourth-order valence-electron chi connectivity index (χ4n) is 1.94. The van der Waals surface area contributed by atoms with Crippen molar-refractivity contribution in [1.82, 2.24) is 4.98 Å². The van der Waals surface area contributed by atoms with E-state index in [9.17, 15) is 4.79 Å². The Hall–Kier alpha value is -1.37. The lowest BCUT2D eigenvalue weighted by molar-refractivity contribution is -0.116. The number of amides is 1. The molecule has 1 aromatic heterocycles. The molecule has 0 aliphatic heterocycles. The Morgan fingerprint density at radius 1 is 1.50 bits per heavy atom. The molecule has 0 aliphatic rings. The van der Waals surface area contributed by atoms with E-state index in [2.05, 4.69) is 10.3 Å². The zero-order valence-electron chi connectivity index (χ0n) is 12.6. The van der Waals surface area contributed by atoms with Crippen LogP contribution in [0.5, 0.6) is 5.75 Å². The fraction of sp³-hybridized carbons (Fsp3) is 0.467. The predicted molar refractivity (Wildman–Crippen MR) is 90.2 cm³/mol. The molecule has 0 unspecified atom stereocenters. The molecular weight excluding hydrogens is 324 g/mol. The molecule has 1 atom stereocenters. The molecule has 0 aliphatic carbocycles. The molecule has 1 N–H and O–H groups in total. The normalized spacial score (nSPS) is 12.3. The van der Waals surface area contributed by atoms with E-state index in [1.807, 2.05) is 25.1 Å². The summed E-state index contributed by atoms with van der Waals surface area (Å²) >= 11 is 7.00. The zero-order chi connectivity index (χ0) is 15.9. The Kier molecular flexibility index (Phi) is 6.42. The number of carbonyl (C=O) groups is 1. The number of aromatic nitrogens is 1. The lowest BCUT2D eigenvalue weighted by atomic mass is 10.3. The van der Waals surface area contributed by atoms with Gasteiger partial charge in [-0.1, -0.05) is 11.3 Å². The monoisotopic (exact) mass is 342 g/mol. The van der Waals surface area contributed by atoms with Crippen molar-refractivity contribution in [3.8, 4) is 5.75 Å². The number of methoxy groups -OCH3 is 1. The van der Waals surface area contributed by atoms with Crippen LogP contribution in [0, 0.1) is 0 Å². The number of alkyl halides is 1. The standard InChI is InChI=1S/C15H19ClN2O3S/c1-10(9-20-2)21-11-5-6-12-13(8-11)22-15(17-12)18-14(19)4-3-7-16/h5-6,8,10H,3-4,7,9H2,1-2H3,(H,17,18,19)/t10-/m1/s1. The first-order chi connectivity index (χ1) is 10.6. The van der Waals surface area contributed by atoms with E-state index in [1.54, 1.807) is 7.11 Å². The molecule has 7 heteroatoms. The number of fused-ring (bicyclic) bond motifs is 1. The topological polar surface area (TPSA) is 60.5 Å². The highest BCUT2D eigenvalue weighted by atomic mass is 35.5. The number of nitrogens with one attached hydrogen (secondary N) is 1. The van der Waals surface area contributed by atoms with Gasteiger partial charge < -0.3 is 14.8 Å². The third-order valence-corrected chi connectivity index (χ3v) is 4.08. The summed E-state index contributed by atoms with van der Waals surface area (Å²) in [4.78, 5) is 16.1. The highest BCUT2D eigenvalue weighted by Crippen LogP contribution is 2.29. The van der Waals surface area contributed by atoms with Crippen molar-refractivity contribution in [2.75, 3.05) is 24.9 Å². The largest absolute Gasteiger partial charge is 0.488 e. The molecular formula is C15H19ClN2O3S. The van der Waals surface area contributed by atoms with Gasteiger partial charge in [0.1, 0.15) is 11.9 Å². The second kappa shape index (κ2) is 8.31. The number of halogens is 1. The van der Waals surface area contributed by atoms with Crippen LogP contribution in [-0.4, -0.2) is 36.6 Å². The number of hydrogen-bond acceptors (Lipinski definition) is 5. The van der Waals surface area contributed by atoms with Gasteiger partial charge >= 0.3 is 0 Å². The number of hydrogen-bond donors (Lipinski definition) is 1. The van der Waals surface area contributed by atoms with Crippen LogP contribution in [0.25, 0.3) is 10.2 Å². The molecule has 1 heterocycles. The van der Waals surface area contributed by atoms with Crippen molar-refractivity contribution in [1.29, 1.82) is 0 Å². The van der Waals surface area contributed by atoms with Crippen molar-refractivity contribution < 1.29 is 14.3 Å². The van der Waals surface area contributed by atoms with E-state index >= 15 is 0 Å². The highest BCUT2D eigenvalue weighted by Gasteiger charge is 2.10. The number of nitrogens with zero attached hydrogens (tertiary/aromatic N) is 1. The minimum atomic E-state index is -0.0649. The molecule has 120 valence electrons. The number of rotatable bonds is 8. The minimum absolute atomic E-state index is 0.0231. The van der Waals surface area contributed by atoms with Crippen LogP contribution in [-0.2, 0) is 9.53 Å². The molecule has 5 nitrogen and oxygen atoms in total. The van der Waals surface area contributed by atoms with Crippen molar-refractivity contribution in [2.45, 2.75) is 25.9 Å². The molecule has 0 radical (unpaired) electrons. The first-order valence-electron chi connectivity index (χ1n) is 7.04. The van der Waals surface area contributed by atoms with Crippen LogP contribution in [0.15, 0.2) is 18.2 Å². The van der Waals surface area contributed by atoms with Gasteiger partial charge in [0.05, 0.1) is 16.8 Å². The average Bonchev–Trinajstić information content (AvgIpc) is 2.86. The summed E-state index contributed by atoms with van der Waals surface area (Å²) in [7, 11) is 1.64. The molecule has 0 saturated heterocycles. The van der Waals surface area contributed by atoms with Crippen molar-refractivity contribution in [3.05, 3.63) is 18.2 Å². The first-order valence-corrected chi connectivity index (χ1v) is 8.39. The number of thiazole rings is 1. The Morgan fingerprint density at radius 2 is 2.32 bits per heavy atom. The lowest BCUT2D eigenvalue weighted by Gasteiger charge is -2.13. The third-order valence-electron chi connectivity index (χ3n) is 2.88. The smallest absolute Gasteiger partial charge is 0.226 e. The zero-order valence-corrected chi connectivity index (χ0v) is 14.2. The quantitative estimate of drug-likeness (QED) is 0.743. The SMILES string of the molecule is COC[C@@H](C)Oc1ccc2nc(NC(=O)CCCCl)sc2c1. The Balaban J connectivity index is 2.05. The Labute approximate surface area is 138 Å². The summed E-state index contributed by atoms with van der Waals surface area (Å²) in [6, 6.07) is 5.68. The lowest BCUT2D eigenvalue weighted by Crippen LogP contribution is -2.17. The van der Waals surface area contributed by atoms with Gasteiger partial charge in [-0.05, 0) is 31.5 Å². The fourth-order valence-corrected chi connectivity index (χ4v) is 2.99. The minimum Gasteiger partial charge on any atom is -0.488 e. The number of ether oxygens (including phenoxy) is 2. The second-order valence-corrected chi connectivity index (χ2v) is 6.28. The van der Waals surface area contributed by atoms with E-state index in [0.717, 1.165) is 16.0 Å². The van der Waals surface area contributed by atoms with E-state index in [4.69, 9.17) is 21.1 Å². The molecule has 2 aromatic rings. The van der Waals surface area contributed by atoms with Gasteiger partial charge in [-0.2, -0.15) is 0 Å². The predicted octanol–water partition coefficient (Wildman–Crippen LogP) is 3.67. The van der Waals surface area contributed by atoms with Crippen LogP contribution in [0.3, 0.4) is 0 Å². The maximum atomic E-state index is 11.7. The first kappa shape index (κ1) is 17.0. The molecule has 0 saturated carbocycles. The number of carbonyl (C=O) groups excluding carboxylic acids is 1. The van der Waals surface area contributed by atoms with Gasteiger partial charge in [-0.3, -0.25) is 4.79 Å². The van der Waals surface area contributed by atoms with Crippen LogP contribution in [0.2, 0.25) is 0 Å². The van der Waals surface area contributed by atoms with Crippen molar-refractivity contribution in [3.63, 3.8) is 0 Å². The van der Waals surface area contributed by atoms with Gasteiger partial charge in [0.15, 0.2) is 5.13 Å². The van der Waals surface area contributed by atoms with Crippen LogP contribution in [0.4, 0.5) is 5.13 Å². The van der Waals surface area contributed by atoms with Gasteiger partial charge in [0.2, 0.25) is 5.91 Å². The number of benzene rings is 1. The summed E-state index contributed by atoms with van der Waals surface area (Å²) in [5.41, 5.74) is 0.837. The van der Waals surface area contributed by atoms with E-state index in [0.29, 0.717) is 30.5 Å². The van der Waals surface area contributed by atoms with Crippen LogP contribution >= 0.6 is 22.9 Å². The maximum Gasteiger partial charge on any atom is 0.226 e. The van der Waals surface area contributed by atoms with Crippen LogP contribution < -0.4 is 10.1 Å². The van der Waals surface area contributed by atoms with Crippen LogP contribution in [0.1, 0.15) is 19.8 Å². The molecule has 0 spiro atoms. The average molecular weight is 343 g/mol. The van der Waals surface area contributed by atoms with Crippen molar-refractivity contribution >= 4 is 44.2 Å². The Morgan fingerprint density at radius 3 is 3.05 bits per heavy atom. The molecule has 22 heavy (non-hydrogen) atoms. The van der Waals surface area contributed by atoms with Gasteiger partial charge in [0.25, 0.3) is 0 Å². The molecule has 0 bridgehead atoms. The van der Waals surface area contributed by atoms with E-state index in [-0.39, 0.29) is 12.0 Å².